The predicted octanol–water partition coefficient (Wildman–Crippen LogP) is 9.30. The molecule has 0 aliphatic heterocycles. The van der Waals surface area contributed by atoms with Gasteiger partial charge in [0.05, 0.1) is 0 Å². The maximum atomic E-state index is 11.9. The van der Waals surface area contributed by atoms with Crippen LogP contribution in [0.5, 0.6) is 0 Å². The van der Waals surface area contributed by atoms with E-state index >= 15 is 0 Å². The molecule has 0 aromatic heterocycles. The third kappa shape index (κ3) is 6.84. The van der Waals surface area contributed by atoms with E-state index in [1.54, 1.807) is 6.92 Å². The Morgan fingerprint density at radius 3 is 2.42 bits per heavy atom. The number of thiocarbonyl (C=S) groups is 1. The average molecular weight is 608 g/mol. The van der Waals surface area contributed by atoms with Crippen molar-refractivity contribution in [2.24, 2.45) is 57.4 Å². The Balaban J connectivity index is 1.37. The van der Waals surface area contributed by atoms with Gasteiger partial charge in [-0.3, -0.25) is 10.2 Å². The van der Waals surface area contributed by atoms with E-state index in [4.69, 9.17) is 22.1 Å². The zero-order valence-corrected chi connectivity index (χ0v) is 28.7. The molecular weight excluding hydrogens is 550 g/mol. The summed E-state index contributed by atoms with van der Waals surface area (Å²) < 4.78 is 5.80. The molecule has 0 saturated heterocycles. The van der Waals surface area contributed by atoms with Gasteiger partial charge in [-0.25, -0.2) is 0 Å². The van der Waals surface area contributed by atoms with E-state index in [1.165, 1.54) is 56.2 Å². The Morgan fingerprint density at radius 2 is 1.72 bits per heavy atom. The van der Waals surface area contributed by atoms with Crippen molar-refractivity contribution in [2.75, 3.05) is 5.32 Å². The summed E-state index contributed by atoms with van der Waals surface area (Å²) in [5.41, 5.74) is 7.28. The number of fused-ring (bicyclic) bond motifs is 5. The summed E-state index contributed by atoms with van der Waals surface area (Å²) in [5, 5.41) is 8.94. The third-order valence-electron chi connectivity index (χ3n) is 12.6. The van der Waals surface area contributed by atoms with Crippen LogP contribution in [0, 0.1) is 59.2 Å². The minimum atomic E-state index is -0.171. The van der Waals surface area contributed by atoms with Crippen molar-refractivity contribution in [1.29, 1.82) is 0 Å². The number of ether oxygens (including phenoxy) is 1. The highest BCUT2D eigenvalue weighted by molar-refractivity contribution is 7.80. The SMILES string of the molecule is CC(=O)O[C@H]1CC[C@@]2(C)[C@H](C1)/C(=N/NC(=S)Nc1ccc(C)cc1)C[C@@H]1[C@@H]2CC[C@]2(C)[C@@H]([C@H](C)CCCC(C)C)CC[C@@H]12. The van der Waals surface area contributed by atoms with Gasteiger partial charge in [-0.1, -0.05) is 71.6 Å². The zero-order valence-electron chi connectivity index (χ0n) is 27.9. The number of hydrazone groups is 1. The normalized spacial score (nSPS) is 36.8. The number of benzene rings is 1. The van der Waals surface area contributed by atoms with Crippen LogP contribution in [0.3, 0.4) is 0 Å². The summed E-state index contributed by atoms with van der Waals surface area (Å²) in [5.74, 6) is 4.70. The molecule has 4 saturated carbocycles. The molecule has 0 spiro atoms. The van der Waals surface area contributed by atoms with Crippen LogP contribution >= 0.6 is 12.2 Å². The fraction of sp³-hybridized carbons (Fsp3) is 0.757. The van der Waals surface area contributed by atoms with Crippen molar-refractivity contribution in [3.63, 3.8) is 0 Å². The topological polar surface area (TPSA) is 62.7 Å². The molecule has 43 heavy (non-hydrogen) atoms. The Bertz CT molecular complexity index is 1180. The number of carbonyl (C=O) groups excluding carboxylic acids is 1. The highest BCUT2D eigenvalue weighted by Gasteiger charge is 2.62. The second kappa shape index (κ2) is 13.2. The Morgan fingerprint density at radius 1 is 1.02 bits per heavy atom. The van der Waals surface area contributed by atoms with Crippen LogP contribution in [-0.4, -0.2) is 22.9 Å². The number of esters is 1. The lowest BCUT2D eigenvalue weighted by Crippen LogP contribution is -2.57. The molecule has 5 nitrogen and oxygen atoms in total. The maximum absolute atomic E-state index is 11.9. The lowest BCUT2D eigenvalue weighted by atomic mass is 9.44. The summed E-state index contributed by atoms with van der Waals surface area (Å²) in [6.45, 7) is 16.1. The van der Waals surface area contributed by atoms with Crippen LogP contribution < -0.4 is 10.7 Å². The average Bonchev–Trinajstić information content (AvgIpc) is 3.30. The molecule has 4 fully saturated rings. The van der Waals surface area contributed by atoms with E-state index in [0.717, 1.165) is 55.0 Å². The first-order chi connectivity index (χ1) is 20.4. The van der Waals surface area contributed by atoms with Crippen molar-refractivity contribution in [3.05, 3.63) is 29.8 Å². The van der Waals surface area contributed by atoms with Crippen LogP contribution in [-0.2, 0) is 9.53 Å². The van der Waals surface area contributed by atoms with Gasteiger partial charge in [0, 0.05) is 24.2 Å². The Kier molecular flexibility index (Phi) is 9.95. The van der Waals surface area contributed by atoms with Gasteiger partial charge in [0.1, 0.15) is 6.10 Å². The lowest BCUT2D eigenvalue weighted by molar-refractivity contribution is -0.153. The number of aryl methyl sites for hydroxylation is 1. The molecule has 6 heteroatoms. The fourth-order valence-electron chi connectivity index (χ4n) is 10.4. The first kappa shape index (κ1) is 32.4. The molecule has 4 aliphatic rings. The summed E-state index contributed by atoms with van der Waals surface area (Å²) in [6.07, 6.45) is 13.5. The van der Waals surface area contributed by atoms with Gasteiger partial charge in [-0.2, -0.15) is 5.10 Å². The molecule has 1 aromatic rings. The molecule has 0 bridgehead atoms. The van der Waals surface area contributed by atoms with E-state index in [1.807, 2.05) is 12.1 Å². The monoisotopic (exact) mass is 607 g/mol. The van der Waals surface area contributed by atoms with E-state index in [2.05, 4.69) is 64.4 Å². The summed E-state index contributed by atoms with van der Waals surface area (Å²) >= 11 is 5.70. The number of carbonyl (C=O) groups is 1. The lowest BCUT2D eigenvalue weighted by Gasteiger charge is -2.61. The molecule has 0 amide bonds. The number of nitrogens with one attached hydrogen (secondary N) is 2. The predicted molar refractivity (Wildman–Crippen MR) is 182 cm³/mol. The van der Waals surface area contributed by atoms with Crippen LogP contribution in [0.2, 0.25) is 0 Å². The van der Waals surface area contributed by atoms with E-state index in [-0.39, 0.29) is 17.5 Å². The smallest absolute Gasteiger partial charge is 0.302 e. The molecule has 238 valence electrons. The summed E-state index contributed by atoms with van der Waals surface area (Å²) in [7, 11) is 0. The van der Waals surface area contributed by atoms with Crippen LogP contribution in [0.4, 0.5) is 5.69 Å². The fourth-order valence-corrected chi connectivity index (χ4v) is 10.6. The van der Waals surface area contributed by atoms with Crippen LogP contribution in [0.15, 0.2) is 29.4 Å². The zero-order chi connectivity index (χ0) is 30.9. The number of hydrogen-bond donors (Lipinski definition) is 2. The van der Waals surface area contributed by atoms with Gasteiger partial charge >= 0.3 is 5.97 Å². The molecule has 2 N–H and O–H groups in total. The number of anilines is 1. The standard InChI is InChI=1S/C37H57N3O2S/c1-23(2)9-8-10-25(4)30-15-16-31-29-22-34(39-40-35(43)38-27-13-11-24(3)12-14-27)33-21-28(42-26(5)41)17-19-37(33,7)32(29)18-20-36(30,31)6/h11-14,23,25,28-33H,8-10,15-22H2,1-7H3,(H2,38,40,43)/b39-34+/t25-,28+,29+,30-,31+,32+,33-,36-,37-/m1/s1. The van der Waals surface area contributed by atoms with Gasteiger partial charge < -0.3 is 10.1 Å². The second-order valence-corrected chi connectivity index (χ2v) is 16.1. The van der Waals surface area contributed by atoms with Crippen molar-refractivity contribution in [3.8, 4) is 0 Å². The number of nitrogens with zero attached hydrogens (tertiary/aromatic N) is 1. The van der Waals surface area contributed by atoms with Crippen molar-refractivity contribution in [2.45, 2.75) is 125 Å². The molecule has 4 aliphatic carbocycles. The summed E-state index contributed by atoms with van der Waals surface area (Å²) in [6, 6.07) is 8.27. The van der Waals surface area contributed by atoms with Gasteiger partial charge in [-0.15, -0.1) is 0 Å². The molecule has 0 unspecified atom stereocenters. The maximum Gasteiger partial charge on any atom is 0.302 e. The number of rotatable bonds is 8. The second-order valence-electron chi connectivity index (χ2n) is 15.7. The Labute approximate surface area is 266 Å². The molecular formula is C37H57N3O2S. The molecule has 1 aromatic carbocycles. The summed E-state index contributed by atoms with van der Waals surface area (Å²) in [4.78, 5) is 11.9. The van der Waals surface area contributed by atoms with Gasteiger partial charge in [0.15, 0.2) is 5.11 Å². The highest BCUT2D eigenvalue weighted by Crippen LogP contribution is 2.68. The minimum Gasteiger partial charge on any atom is -0.463 e. The van der Waals surface area contributed by atoms with Crippen molar-refractivity contribution >= 4 is 34.7 Å². The third-order valence-corrected chi connectivity index (χ3v) is 12.8. The van der Waals surface area contributed by atoms with E-state index < -0.39 is 0 Å². The van der Waals surface area contributed by atoms with Crippen molar-refractivity contribution in [1.82, 2.24) is 5.43 Å². The van der Waals surface area contributed by atoms with Crippen LogP contribution in [0.1, 0.15) is 118 Å². The molecule has 0 radical (unpaired) electrons. The molecule has 0 heterocycles. The molecule has 5 rings (SSSR count). The minimum absolute atomic E-state index is 0.0219. The van der Waals surface area contributed by atoms with Crippen molar-refractivity contribution < 1.29 is 9.53 Å². The van der Waals surface area contributed by atoms with Gasteiger partial charge in [-0.05, 0) is 129 Å². The first-order valence-electron chi connectivity index (χ1n) is 17.3. The van der Waals surface area contributed by atoms with E-state index in [0.29, 0.717) is 28.3 Å². The van der Waals surface area contributed by atoms with Gasteiger partial charge in [0.2, 0.25) is 0 Å². The van der Waals surface area contributed by atoms with Crippen LogP contribution in [0.25, 0.3) is 0 Å². The Hall–Kier alpha value is -1.95. The van der Waals surface area contributed by atoms with Gasteiger partial charge in [0.25, 0.3) is 0 Å². The number of hydrogen-bond acceptors (Lipinski definition) is 4. The largest absolute Gasteiger partial charge is 0.463 e. The first-order valence-corrected chi connectivity index (χ1v) is 17.7. The quantitative estimate of drug-likeness (QED) is 0.175. The molecule has 9 atom stereocenters. The highest BCUT2D eigenvalue weighted by atomic mass is 32.1. The van der Waals surface area contributed by atoms with E-state index in [9.17, 15) is 4.79 Å².